The molecule has 0 aliphatic heterocycles. The standard InChI is InChI=1S/C28H14ClF6NO5S.C26H18ClFN4O4S.C4H5N3.2H3P/c1-40-21-11-17(13-2-5-15(29)6-3-13)18(30)12-20(21)36-19-8-7-16(10-14(19)4-9-22(36)37)42(38,39)41-28-26(34)24(32)23(31)25(33)27(28)35;1-36-24-14-20(16-3-6-18(27)7-4-16)21(28)15-23(24)32-22-9-8-19(13-17(22)5-10-25(32)33)37(34,35)31-26-29-11-2-12-30-26;5-4-6-2-1-3-7-4;;/h2-12H,1H3;2-15H,1H3,(H,29,30,31);1-3H,(H2,5,6,7);2*1H3. The van der Waals surface area contributed by atoms with Crippen LogP contribution in [0.4, 0.5) is 42.6 Å². The fourth-order valence-corrected chi connectivity index (χ4v) is 10.6. The minimum absolute atomic E-state index is 0. The normalized spacial score (nSPS) is 11.0. The average molecular weight is 1330 g/mol. The number of nitrogen functional groups attached to an aromatic ring is 1. The molecular weight excluding hydrogens is 1280 g/mol. The van der Waals surface area contributed by atoms with Gasteiger partial charge in [-0.05, 0) is 108 Å². The molecule has 4 heterocycles. The van der Waals surface area contributed by atoms with E-state index in [2.05, 4.69) is 28.8 Å². The number of nitrogens with two attached hydrogens (primary N) is 1. The Hall–Kier alpha value is -9.03. The summed E-state index contributed by atoms with van der Waals surface area (Å²) in [6, 6.07) is 33.5. The van der Waals surface area contributed by atoms with E-state index in [-0.39, 0.29) is 75.5 Å². The minimum atomic E-state index is -5.16. The highest BCUT2D eigenvalue weighted by molar-refractivity contribution is 7.92. The molecule has 0 radical (unpaired) electrons. The molecule has 454 valence electrons. The lowest BCUT2D eigenvalue weighted by Gasteiger charge is -2.17. The highest BCUT2D eigenvalue weighted by Gasteiger charge is 2.32. The quantitative estimate of drug-likeness (QED) is 0.0381. The van der Waals surface area contributed by atoms with Crippen molar-refractivity contribution in [1.82, 2.24) is 29.1 Å². The van der Waals surface area contributed by atoms with Gasteiger partial charge < -0.3 is 19.4 Å². The molecule has 4 aromatic heterocycles. The van der Waals surface area contributed by atoms with Gasteiger partial charge in [-0.3, -0.25) is 18.7 Å². The number of rotatable bonds is 12. The predicted octanol–water partition coefficient (Wildman–Crippen LogP) is 12.1. The fourth-order valence-electron chi connectivity index (χ4n) is 8.39. The second-order valence-corrected chi connectivity index (χ2v) is 21.8. The molecule has 0 fully saturated rings. The number of fused-ring (bicyclic) bond motifs is 2. The number of halogens is 9. The molecule has 30 heteroatoms. The van der Waals surface area contributed by atoms with E-state index in [1.807, 2.05) is 0 Å². The molecular formula is C58H43Cl2F7N8O9P2S2. The van der Waals surface area contributed by atoms with Crippen molar-refractivity contribution in [2.45, 2.75) is 9.79 Å². The maximum atomic E-state index is 15.3. The lowest BCUT2D eigenvalue weighted by Crippen LogP contribution is -2.19. The molecule has 11 rings (SSSR count). The molecule has 88 heavy (non-hydrogen) atoms. The zero-order valence-corrected chi connectivity index (χ0v) is 51.2. The Labute approximate surface area is 511 Å². The van der Waals surface area contributed by atoms with E-state index in [1.54, 1.807) is 73.1 Å². The summed E-state index contributed by atoms with van der Waals surface area (Å²) in [5.41, 5.74) is 6.02. The summed E-state index contributed by atoms with van der Waals surface area (Å²) in [5.74, 6) is -15.0. The van der Waals surface area contributed by atoms with Gasteiger partial charge in [0.25, 0.3) is 21.1 Å². The summed E-state index contributed by atoms with van der Waals surface area (Å²) in [5, 5.41) is 1.42. The smallest absolute Gasteiger partial charge is 0.339 e. The zero-order chi connectivity index (χ0) is 61.8. The van der Waals surface area contributed by atoms with Crippen LogP contribution >= 0.6 is 43.0 Å². The molecule has 0 aliphatic rings. The Morgan fingerprint density at radius 1 is 0.500 bits per heavy atom. The molecule has 2 unspecified atom stereocenters. The second-order valence-electron chi connectivity index (χ2n) is 17.7. The third kappa shape index (κ3) is 14.2. The number of sulfonamides is 1. The van der Waals surface area contributed by atoms with Gasteiger partial charge in [0.15, 0.2) is 0 Å². The summed E-state index contributed by atoms with van der Waals surface area (Å²) < 4.78 is 170. The highest BCUT2D eigenvalue weighted by Crippen LogP contribution is 2.37. The van der Waals surface area contributed by atoms with Crippen LogP contribution in [0, 0.1) is 40.7 Å². The first-order valence-corrected chi connectivity index (χ1v) is 28.0. The number of anilines is 2. The molecule has 0 saturated heterocycles. The number of aromatic nitrogens is 6. The molecule has 11 aromatic rings. The highest BCUT2D eigenvalue weighted by atomic mass is 35.5. The van der Waals surface area contributed by atoms with Gasteiger partial charge in [-0.15, -0.1) is 0 Å². The Balaban J connectivity index is 0.000000222. The van der Waals surface area contributed by atoms with Gasteiger partial charge in [0.05, 0.1) is 41.5 Å². The molecule has 0 spiro atoms. The number of benzene rings is 7. The van der Waals surface area contributed by atoms with E-state index in [4.69, 9.17) is 38.4 Å². The van der Waals surface area contributed by atoms with Gasteiger partial charge in [-0.25, -0.2) is 55.0 Å². The largest absolute Gasteiger partial charge is 0.495 e. The van der Waals surface area contributed by atoms with Crippen molar-refractivity contribution in [1.29, 1.82) is 0 Å². The van der Waals surface area contributed by atoms with Crippen molar-refractivity contribution in [3.05, 3.63) is 242 Å². The van der Waals surface area contributed by atoms with Crippen LogP contribution in [-0.2, 0) is 20.1 Å². The third-order valence-corrected chi connectivity index (χ3v) is 15.4. The Bertz CT molecular complexity index is 4760. The first-order chi connectivity index (χ1) is 41.0. The molecule has 0 saturated carbocycles. The van der Waals surface area contributed by atoms with Crippen molar-refractivity contribution in [3.8, 4) is 50.9 Å². The summed E-state index contributed by atoms with van der Waals surface area (Å²) in [6.45, 7) is 0. The average Bonchev–Trinajstić information content (AvgIpc) is 0.940. The summed E-state index contributed by atoms with van der Waals surface area (Å²) in [4.78, 5) is 40.1. The molecule has 0 bridgehead atoms. The Morgan fingerprint density at radius 3 is 1.31 bits per heavy atom. The van der Waals surface area contributed by atoms with Crippen molar-refractivity contribution < 1.29 is 61.2 Å². The van der Waals surface area contributed by atoms with Gasteiger partial charge >= 0.3 is 10.1 Å². The molecule has 7 aromatic carbocycles. The van der Waals surface area contributed by atoms with Crippen LogP contribution in [0.3, 0.4) is 0 Å². The van der Waals surface area contributed by atoms with Gasteiger partial charge in [0.1, 0.15) is 28.0 Å². The van der Waals surface area contributed by atoms with Crippen LogP contribution < -0.4 is 35.2 Å². The van der Waals surface area contributed by atoms with Crippen molar-refractivity contribution in [2.24, 2.45) is 0 Å². The number of nitrogens with zero attached hydrogens (tertiary/aromatic N) is 6. The topological polar surface area (TPSA) is 230 Å². The molecule has 0 amide bonds. The van der Waals surface area contributed by atoms with Crippen molar-refractivity contribution in [3.63, 3.8) is 0 Å². The van der Waals surface area contributed by atoms with Gasteiger partial charge in [0.2, 0.25) is 46.7 Å². The Kier molecular flexibility index (Phi) is 21.0. The van der Waals surface area contributed by atoms with Crippen LogP contribution in [-0.4, -0.2) is 60.1 Å². The first-order valence-electron chi connectivity index (χ1n) is 24.4. The third-order valence-electron chi connectivity index (χ3n) is 12.4. The van der Waals surface area contributed by atoms with Crippen LogP contribution in [0.2, 0.25) is 10.0 Å². The number of methoxy groups -OCH3 is 2. The number of ether oxygens (including phenoxy) is 2. The van der Waals surface area contributed by atoms with Crippen molar-refractivity contribution in [2.75, 3.05) is 24.7 Å². The lowest BCUT2D eigenvalue weighted by molar-refractivity contribution is 0.346. The van der Waals surface area contributed by atoms with Gasteiger partial charge in [0, 0.05) is 81.0 Å². The van der Waals surface area contributed by atoms with E-state index in [1.165, 1.54) is 85.8 Å². The van der Waals surface area contributed by atoms with Gasteiger partial charge in [-0.2, -0.15) is 37.0 Å². The lowest BCUT2D eigenvalue weighted by atomic mass is 10.0. The van der Waals surface area contributed by atoms with Gasteiger partial charge in [-0.1, -0.05) is 47.5 Å². The van der Waals surface area contributed by atoms with Crippen LogP contribution in [0.1, 0.15) is 0 Å². The van der Waals surface area contributed by atoms with E-state index in [9.17, 15) is 48.4 Å². The molecule has 3 N–H and O–H groups in total. The second kappa shape index (κ2) is 27.8. The Morgan fingerprint density at radius 2 is 0.898 bits per heavy atom. The van der Waals surface area contributed by atoms with E-state index in [0.29, 0.717) is 38.0 Å². The molecule has 17 nitrogen and oxygen atoms in total. The summed E-state index contributed by atoms with van der Waals surface area (Å²) in [7, 11) is -6.46. The maximum Gasteiger partial charge on any atom is 0.339 e. The number of nitrogens with one attached hydrogen (secondary N) is 1. The van der Waals surface area contributed by atoms with Crippen LogP contribution in [0.5, 0.6) is 17.2 Å². The van der Waals surface area contributed by atoms with Crippen LogP contribution in [0.15, 0.2) is 190 Å². The maximum absolute atomic E-state index is 15.3. The molecule has 0 aliphatic carbocycles. The minimum Gasteiger partial charge on any atom is -0.495 e. The molecule has 2 atom stereocenters. The van der Waals surface area contributed by atoms with E-state index < -0.39 is 82.6 Å². The number of hydrogen-bond donors (Lipinski definition) is 2. The zero-order valence-electron chi connectivity index (χ0n) is 45.2. The van der Waals surface area contributed by atoms with Crippen LogP contribution in [0.25, 0.3) is 55.4 Å². The fraction of sp³-hybridized carbons (Fsp3) is 0.0345. The summed E-state index contributed by atoms with van der Waals surface area (Å²) >= 11 is 11.9. The monoisotopic (exact) mass is 1320 g/mol. The van der Waals surface area contributed by atoms with Crippen molar-refractivity contribution >= 4 is 96.8 Å². The first kappa shape index (κ1) is 66.5. The number of hydrogen-bond acceptors (Lipinski definition) is 14. The summed E-state index contributed by atoms with van der Waals surface area (Å²) in [6.07, 6.45) is 6.02. The predicted molar refractivity (Wildman–Crippen MR) is 329 cm³/mol. The van der Waals surface area contributed by atoms with E-state index >= 15 is 8.78 Å². The SMILES string of the molecule is COc1cc(-c2ccc(Cl)cc2)c(F)cc1-n1c(=O)ccc2cc(S(=O)(=O)Nc3ncccn3)ccc21.COc1cc(-c2ccc(Cl)cc2)c(F)cc1-n1c(=O)ccc2cc(S(=O)(=O)Oc3c(F)c(F)c(F)c(F)c3F)ccc21.Nc1ncccn1.P.P. The van der Waals surface area contributed by atoms with E-state index in [0.717, 1.165) is 34.9 Å². The number of pyridine rings is 2.